The predicted molar refractivity (Wildman–Crippen MR) is 98.5 cm³/mol. The van der Waals surface area contributed by atoms with Crippen LogP contribution in [0.3, 0.4) is 0 Å². The quantitative estimate of drug-likeness (QED) is 0.776. The monoisotopic (exact) mass is 377 g/mol. The third-order valence-electron chi connectivity index (χ3n) is 3.91. The first-order chi connectivity index (χ1) is 10.8. The minimum Gasteiger partial charge on any atom is -0.373 e. The maximum atomic E-state index is 12.9. The Kier molecular flexibility index (Phi) is 8.11. The van der Waals surface area contributed by atoms with E-state index in [1.807, 2.05) is 44.2 Å². The highest BCUT2D eigenvalue weighted by molar-refractivity contribution is 7.86. The van der Waals surface area contributed by atoms with Gasteiger partial charge in [-0.1, -0.05) is 30.3 Å². The van der Waals surface area contributed by atoms with Crippen LogP contribution in [0, 0.1) is 0 Å². The summed E-state index contributed by atoms with van der Waals surface area (Å²) in [4.78, 5) is 0. The van der Waals surface area contributed by atoms with Crippen LogP contribution in [0.15, 0.2) is 30.3 Å². The van der Waals surface area contributed by atoms with Gasteiger partial charge in [0.2, 0.25) is 0 Å². The van der Waals surface area contributed by atoms with Crippen LogP contribution in [0.1, 0.15) is 19.4 Å². The fourth-order valence-corrected chi connectivity index (χ4v) is 4.48. The SMILES string of the molecule is CC1(C)CN(S(=O)(=O)N(CCN)CCc2ccccc2)CCO1.Cl. The second-order valence-electron chi connectivity index (χ2n) is 6.37. The molecule has 1 aromatic rings. The molecule has 0 amide bonds. The molecule has 2 rings (SSSR count). The second-order valence-corrected chi connectivity index (χ2v) is 8.30. The standard InChI is InChI=1S/C16H27N3O3S.ClH/c1-16(2)14-19(12-13-22-16)23(20,21)18(11-9-17)10-8-15-6-4-3-5-7-15;/h3-7H,8-14,17H2,1-2H3;1H. The first kappa shape index (κ1) is 21.3. The highest BCUT2D eigenvalue weighted by atomic mass is 35.5. The Morgan fingerprint density at radius 1 is 1.25 bits per heavy atom. The van der Waals surface area contributed by atoms with Crippen molar-refractivity contribution in [1.82, 2.24) is 8.61 Å². The van der Waals surface area contributed by atoms with Crippen LogP contribution in [0.5, 0.6) is 0 Å². The molecule has 1 fully saturated rings. The lowest BCUT2D eigenvalue weighted by Gasteiger charge is -2.39. The number of nitrogens with zero attached hydrogens (tertiary/aromatic N) is 2. The molecule has 2 N–H and O–H groups in total. The van der Waals surface area contributed by atoms with E-state index in [2.05, 4.69) is 0 Å². The van der Waals surface area contributed by atoms with E-state index in [0.717, 1.165) is 5.56 Å². The van der Waals surface area contributed by atoms with E-state index in [1.165, 1.54) is 8.61 Å². The normalized spacial score (nSPS) is 18.3. The Labute approximate surface area is 151 Å². The van der Waals surface area contributed by atoms with Crippen molar-refractivity contribution in [2.75, 3.05) is 39.3 Å². The first-order valence-corrected chi connectivity index (χ1v) is 9.38. The number of ether oxygens (including phenoxy) is 1. The molecule has 0 radical (unpaired) electrons. The van der Waals surface area contributed by atoms with Crippen molar-refractivity contribution < 1.29 is 13.2 Å². The number of morpholine rings is 1. The summed E-state index contributed by atoms with van der Waals surface area (Å²) in [7, 11) is -3.52. The highest BCUT2D eigenvalue weighted by Crippen LogP contribution is 2.21. The number of benzene rings is 1. The molecule has 1 heterocycles. The lowest BCUT2D eigenvalue weighted by Crippen LogP contribution is -2.55. The molecule has 1 aliphatic rings. The van der Waals surface area contributed by atoms with Gasteiger partial charge in [-0.15, -0.1) is 12.4 Å². The van der Waals surface area contributed by atoms with Gasteiger partial charge in [-0.25, -0.2) is 0 Å². The molecule has 138 valence electrons. The summed E-state index contributed by atoms with van der Waals surface area (Å²) in [5.74, 6) is 0. The molecule has 8 heteroatoms. The summed E-state index contributed by atoms with van der Waals surface area (Å²) in [6, 6.07) is 9.88. The molecule has 0 saturated carbocycles. The number of hydrogen-bond acceptors (Lipinski definition) is 4. The number of halogens is 1. The van der Waals surface area contributed by atoms with E-state index in [1.54, 1.807) is 0 Å². The van der Waals surface area contributed by atoms with Crippen LogP contribution in [0.2, 0.25) is 0 Å². The third-order valence-corrected chi connectivity index (χ3v) is 5.90. The zero-order valence-corrected chi connectivity index (χ0v) is 16.0. The smallest absolute Gasteiger partial charge is 0.282 e. The van der Waals surface area contributed by atoms with Gasteiger partial charge in [0.15, 0.2) is 0 Å². The maximum Gasteiger partial charge on any atom is 0.282 e. The molecule has 0 aliphatic carbocycles. The maximum absolute atomic E-state index is 12.9. The average molecular weight is 378 g/mol. The van der Waals surface area contributed by atoms with Crippen LogP contribution in [-0.2, 0) is 21.4 Å². The van der Waals surface area contributed by atoms with Gasteiger partial charge < -0.3 is 10.5 Å². The Hall–Kier alpha value is -0.700. The minimum atomic E-state index is -3.52. The summed E-state index contributed by atoms with van der Waals surface area (Å²) in [6.07, 6.45) is 0.674. The van der Waals surface area contributed by atoms with E-state index in [9.17, 15) is 8.42 Å². The second kappa shape index (κ2) is 9.12. The van der Waals surface area contributed by atoms with Crippen molar-refractivity contribution >= 4 is 22.6 Å². The predicted octanol–water partition coefficient (Wildman–Crippen LogP) is 1.27. The van der Waals surface area contributed by atoms with Crippen LogP contribution in [-0.4, -0.2) is 62.0 Å². The van der Waals surface area contributed by atoms with Gasteiger partial charge in [-0.2, -0.15) is 17.0 Å². The number of rotatable bonds is 7. The summed E-state index contributed by atoms with van der Waals surface area (Å²) < 4.78 is 34.5. The molecule has 1 aliphatic heterocycles. The first-order valence-electron chi connectivity index (χ1n) is 7.98. The van der Waals surface area contributed by atoms with E-state index in [0.29, 0.717) is 45.8 Å². The van der Waals surface area contributed by atoms with Gasteiger partial charge in [0.05, 0.1) is 12.2 Å². The Morgan fingerprint density at radius 3 is 2.50 bits per heavy atom. The topological polar surface area (TPSA) is 75.9 Å². The number of nitrogens with two attached hydrogens (primary N) is 1. The highest BCUT2D eigenvalue weighted by Gasteiger charge is 2.36. The zero-order valence-electron chi connectivity index (χ0n) is 14.3. The van der Waals surface area contributed by atoms with Gasteiger partial charge in [0.1, 0.15) is 0 Å². The van der Waals surface area contributed by atoms with Crippen molar-refractivity contribution in [3.63, 3.8) is 0 Å². The van der Waals surface area contributed by atoms with Crippen molar-refractivity contribution in [1.29, 1.82) is 0 Å². The molecular weight excluding hydrogens is 350 g/mol. The third kappa shape index (κ3) is 5.68. The van der Waals surface area contributed by atoms with Crippen molar-refractivity contribution in [2.45, 2.75) is 25.9 Å². The molecule has 24 heavy (non-hydrogen) atoms. The molecule has 0 aromatic heterocycles. The molecule has 1 aromatic carbocycles. The molecule has 0 spiro atoms. The van der Waals surface area contributed by atoms with E-state index in [-0.39, 0.29) is 12.4 Å². The average Bonchev–Trinajstić information content (AvgIpc) is 2.51. The van der Waals surface area contributed by atoms with Gasteiger partial charge in [-0.3, -0.25) is 0 Å². The van der Waals surface area contributed by atoms with Crippen LogP contribution < -0.4 is 5.73 Å². The van der Waals surface area contributed by atoms with Gasteiger partial charge in [-0.05, 0) is 25.8 Å². The van der Waals surface area contributed by atoms with Crippen molar-refractivity contribution in [3.8, 4) is 0 Å². The summed E-state index contributed by atoms with van der Waals surface area (Å²) in [5.41, 5.74) is 6.29. The van der Waals surface area contributed by atoms with E-state index < -0.39 is 15.8 Å². The van der Waals surface area contributed by atoms with Gasteiger partial charge in [0.25, 0.3) is 10.2 Å². The van der Waals surface area contributed by atoms with Crippen LogP contribution in [0.4, 0.5) is 0 Å². The lowest BCUT2D eigenvalue weighted by atomic mass is 10.1. The molecular formula is C16H28ClN3O3S. The minimum absolute atomic E-state index is 0. The Bertz CT molecular complexity index is 596. The zero-order chi connectivity index (χ0) is 16.9. The van der Waals surface area contributed by atoms with E-state index in [4.69, 9.17) is 10.5 Å². The lowest BCUT2D eigenvalue weighted by molar-refractivity contribution is -0.0652. The Balaban J connectivity index is 0.00000288. The molecule has 0 atom stereocenters. The number of hydrogen-bond donors (Lipinski definition) is 1. The Morgan fingerprint density at radius 2 is 1.92 bits per heavy atom. The van der Waals surface area contributed by atoms with Crippen molar-refractivity contribution in [3.05, 3.63) is 35.9 Å². The van der Waals surface area contributed by atoms with Gasteiger partial charge in [0, 0.05) is 32.7 Å². The van der Waals surface area contributed by atoms with Crippen LogP contribution in [0.25, 0.3) is 0 Å². The molecule has 0 unspecified atom stereocenters. The fourth-order valence-electron chi connectivity index (χ4n) is 2.72. The largest absolute Gasteiger partial charge is 0.373 e. The molecule has 0 bridgehead atoms. The summed E-state index contributed by atoms with van der Waals surface area (Å²) in [6.45, 7) is 6.05. The fraction of sp³-hybridized carbons (Fsp3) is 0.625. The summed E-state index contributed by atoms with van der Waals surface area (Å²) >= 11 is 0. The molecule has 6 nitrogen and oxygen atoms in total. The summed E-state index contributed by atoms with van der Waals surface area (Å²) in [5, 5.41) is 0. The van der Waals surface area contributed by atoms with Crippen molar-refractivity contribution in [2.24, 2.45) is 5.73 Å². The van der Waals surface area contributed by atoms with E-state index >= 15 is 0 Å². The van der Waals surface area contributed by atoms with Gasteiger partial charge >= 0.3 is 0 Å². The molecule has 1 saturated heterocycles. The van der Waals surface area contributed by atoms with Crippen LogP contribution >= 0.6 is 12.4 Å².